The average molecular weight is 338 g/mol. The Kier molecular flexibility index (Phi) is 6.29. The molecule has 2 atom stereocenters. The van der Waals surface area contributed by atoms with E-state index < -0.39 is 17.7 Å². The zero-order valence-electron chi connectivity index (χ0n) is 14.1. The fourth-order valence-corrected chi connectivity index (χ4v) is 3.04. The fraction of sp³-hybridized carbons (Fsp3) is 0.556. The monoisotopic (exact) mass is 338 g/mol. The van der Waals surface area contributed by atoms with Crippen molar-refractivity contribution in [3.8, 4) is 0 Å². The molecule has 0 aromatic heterocycles. The number of hydrogen-bond donors (Lipinski definition) is 2. The van der Waals surface area contributed by atoms with E-state index in [0.29, 0.717) is 5.56 Å². The summed E-state index contributed by atoms with van der Waals surface area (Å²) in [6.45, 7) is 3.49. The second-order valence-corrected chi connectivity index (χ2v) is 6.56. The molecular weight excluding hydrogens is 314 g/mol. The Hall–Kier alpha value is -1.98. The van der Waals surface area contributed by atoms with E-state index in [0.717, 1.165) is 37.8 Å². The first-order valence-corrected chi connectivity index (χ1v) is 8.41. The molecule has 2 N–H and O–H groups in total. The average Bonchev–Trinajstić information content (AvgIpc) is 3.03. The Labute approximate surface area is 141 Å². The molecule has 0 heterocycles. The molecule has 24 heavy (non-hydrogen) atoms. The van der Waals surface area contributed by atoms with Crippen LogP contribution < -0.4 is 10.6 Å². The van der Waals surface area contributed by atoms with Gasteiger partial charge in [-0.15, -0.1) is 0 Å². The third kappa shape index (κ3) is 5.01. The van der Waals surface area contributed by atoms with Gasteiger partial charge in [0.05, 0.1) is 6.04 Å². The van der Waals surface area contributed by atoms with Crippen molar-refractivity contribution in [2.75, 3.05) is 0 Å². The number of nitrogens with one attached hydrogen (secondary N) is 2. The third-order valence-corrected chi connectivity index (χ3v) is 4.43. The van der Waals surface area contributed by atoms with Gasteiger partial charge in [-0.25, -0.2) is 8.78 Å². The van der Waals surface area contributed by atoms with E-state index in [1.807, 2.05) is 0 Å². The van der Waals surface area contributed by atoms with Crippen LogP contribution in [0.25, 0.3) is 0 Å². The van der Waals surface area contributed by atoms with Crippen LogP contribution in [0.2, 0.25) is 0 Å². The Morgan fingerprint density at radius 3 is 2.42 bits per heavy atom. The lowest BCUT2D eigenvalue weighted by atomic mass is 10.1. The molecule has 0 saturated heterocycles. The predicted octanol–water partition coefficient (Wildman–Crippen LogP) is 3.23. The summed E-state index contributed by atoms with van der Waals surface area (Å²) < 4.78 is 26.2. The molecule has 1 aromatic rings. The van der Waals surface area contributed by atoms with Crippen LogP contribution in [0.1, 0.15) is 57.6 Å². The molecule has 1 saturated carbocycles. The summed E-state index contributed by atoms with van der Waals surface area (Å²) in [6.07, 6.45) is 4.14. The Morgan fingerprint density at radius 1 is 1.12 bits per heavy atom. The van der Waals surface area contributed by atoms with E-state index in [1.165, 1.54) is 6.07 Å². The van der Waals surface area contributed by atoms with Gasteiger partial charge in [0.15, 0.2) is 11.6 Å². The largest absolute Gasteiger partial charge is 0.353 e. The van der Waals surface area contributed by atoms with Gasteiger partial charge in [0.25, 0.3) is 0 Å². The lowest BCUT2D eigenvalue weighted by Crippen LogP contribution is -2.40. The Bertz CT molecular complexity index is 601. The van der Waals surface area contributed by atoms with E-state index >= 15 is 0 Å². The molecule has 4 nitrogen and oxygen atoms in total. The molecule has 0 radical (unpaired) electrons. The molecule has 1 aliphatic carbocycles. The van der Waals surface area contributed by atoms with Crippen LogP contribution in [0.3, 0.4) is 0 Å². The SMILES string of the molecule is C[C@H](CC(=O)N[C@H](C)c1ccc(F)c(F)c1)NC(=O)C1CCCC1. The van der Waals surface area contributed by atoms with Crippen LogP contribution in [0, 0.1) is 17.6 Å². The van der Waals surface area contributed by atoms with Crippen LogP contribution >= 0.6 is 0 Å². The van der Waals surface area contributed by atoms with Crippen LogP contribution in [-0.2, 0) is 9.59 Å². The van der Waals surface area contributed by atoms with Crippen molar-refractivity contribution in [2.45, 2.75) is 58.0 Å². The zero-order chi connectivity index (χ0) is 17.7. The molecule has 1 fully saturated rings. The maximum absolute atomic E-state index is 13.2. The summed E-state index contributed by atoms with van der Waals surface area (Å²) in [7, 11) is 0. The lowest BCUT2D eigenvalue weighted by Gasteiger charge is -2.19. The highest BCUT2D eigenvalue weighted by Gasteiger charge is 2.24. The number of carbonyl (C=O) groups excluding carboxylic acids is 2. The van der Waals surface area contributed by atoms with Gasteiger partial charge in [-0.05, 0) is 44.4 Å². The minimum absolute atomic E-state index is 0.0152. The van der Waals surface area contributed by atoms with E-state index in [1.54, 1.807) is 13.8 Å². The van der Waals surface area contributed by atoms with Gasteiger partial charge < -0.3 is 10.6 Å². The maximum Gasteiger partial charge on any atom is 0.223 e. The summed E-state index contributed by atoms with van der Waals surface area (Å²) >= 11 is 0. The molecule has 1 aliphatic rings. The molecule has 6 heteroatoms. The number of carbonyl (C=O) groups is 2. The topological polar surface area (TPSA) is 58.2 Å². The van der Waals surface area contributed by atoms with Crippen LogP contribution in [-0.4, -0.2) is 17.9 Å². The highest BCUT2D eigenvalue weighted by molar-refractivity contribution is 5.81. The maximum atomic E-state index is 13.2. The third-order valence-electron chi connectivity index (χ3n) is 4.43. The predicted molar refractivity (Wildman–Crippen MR) is 87.1 cm³/mol. The first-order valence-electron chi connectivity index (χ1n) is 8.41. The van der Waals surface area contributed by atoms with Gasteiger partial charge >= 0.3 is 0 Å². The van der Waals surface area contributed by atoms with Crippen molar-refractivity contribution in [1.29, 1.82) is 0 Å². The summed E-state index contributed by atoms with van der Waals surface area (Å²) in [5.41, 5.74) is 0.491. The quantitative estimate of drug-likeness (QED) is 0.837. The zero-order valence-corrected chi connectivity index (χ0v) is 14.1. The lowest BCUT2D eigenvalue weighted by molar-refractivity contribution is -0.126. The minimum Gasteiger partial charge on any atom is -0.353 e. The van der Waals surface area contributed by atoms with Crippen molar-refractivity contribution in [2.24, 2.45) is 5.92 Å². The Balaban J connectivity index is 1.80. The van der Waals surface area contributed by atoms with Crippen molar-refractivity contribution in [3.05, 3.63) is 35.4 Å². The smallest absolute Gasteiger partial charge is 0.223 e. The van der Waals surface area contributed by atoms with Crippen molar-refractivity contribution < 1.29 is 18.4 Å². The summed E-state index contributed by atoms with van der Waals surface area (Å²) in [5.74, 6) is -2.02. The standard InChI is InChI=1S/C18H24F2N2O2/c1-11(21-18(24)13-5-3-4-6-13)9-17(23)22-12(2)14-7-8-15(19)16(20)10-14/h7-8,10-13H,3-6,9H2,1-2H3,(H,21,24)(H,22,23)/t11-,12-/m1/s1. The second-order valence-electron chi connectivity index (χ2n) is 6.56. The molecule has 1 aromatic carbocycles. The van der Waals surface area contributed by atoms with Crippen LogP contribution in [0.15, 0.2) is 18.2 Å². The molecule has 2 amide bonds. The van der Waals surface area contributed by atoms with Crippen LogP contribution in [0.5, 0.6) is 0 Å². The van der Waals surface area contributed by atoms with E-state index in [-0.39, 0.29) is 30.2 Å². The van der Waals surface area contributed by atoms with E-state index in [2.05, 4.69) is 10.6 Å². The second kappa shape index (κ2) is 8.22. The normalized spacial score (nSPS) is 17.3. The van der Waals surface area contributed by atoms with E-state index in [4.69, 9.17) is 0 Å². The van der Waals surface area contributed by atoms with Crippen LogP contribution in [0.4, 0.5) is 8.78 Å². The molecule has 0 aliphatic heterocycles. The highest BCUT2D eigenvalue weighted by atomic mass is 19.2. The van der Waals surface area contributed by atoms with Crippen molar-refractivity contribution in [1.82, 2.24) is 10.6 Å². The number of hydrogen-bond acceptors (Lipinski definition) is 2. The van der Waals surface area contributed by atoms with Gasteiger partial charge in [-0.2, -0.15) is 0 Å². The molecule has 0 bridgehead atoms. The van der Waals surface area contributed by atoms with Gasteiger partial charge in [0.2, 0.25) is 11.8 Å². The Morgan fingerprint density at radius 2 is 1.79 bits per heavy atom. The van der Waals surface area contributed by atoms with Gasteiger partial charge in [0.1, 0.15) is 0 Å². The molecule has 0 spiro atoms. The van der Waals surface area contributed by atoms with Crippen molar-refractivity contribution in [3.63, 3.8) is 0 Å². The van der Waals surface area contributed by atoms with Gasteiger partial charge in [-0.1, -0.05) is 18.9 Å². The summed E-state index contributed by atoms with van der Waals surface area (Å²) in [4.78, 5) is 24.1. The first-order chi connectivity index (χ1) is 11.4. The number of halogens is 2. The summed E-state index contributed by atoms with van der Waals surface area (Å²) in [5, 5.41) is 5.61. The molecular formula is C18H24F2N2O2. The number of amides is 2. The summed E-state index contributed by atoms with van der Waals surface area (Å²) in [6, 6.07) is 2.85. The van der Waals surface area contributed by atoms with Crippen molar-refractivity contribution >= 4 is 11.8 Å². The molecule has 132 valence electrons. The van der Waals surface area contributed by atoms with Gasteiger partial charge in [-0.3, -0.25) is 9.59 Å². The molecule has 0 unspecified atom stereocenters. The number of benzene rings is 1. The minimum atomic E-state index is -0.939. The first kappa shape index (κ1) is 18.4. The number of rotatable bonds is 6. The fourth-order valence-electron chi connectivity index (χ4n) is 3.04. The van der Waals surface area contributed by atoms with Gasteiger partial charge in [0, 0.05) is 18.4 Å². The molecule has 2 rings (SSSR count). The van der Waals surface area contributed by atoms with E-state index in [9.17, 15) is 18.4 Å². The highest BCUT2D eigenvalue weighted by Crippen LogP contribution is 2.24.